The van der Waals surface area contributed by atoms with Crippen LogP contribution in [0.1, 0.15) is 5.82 Å². The molecule has 3 heterocycles. The summed E-state index contributed by atoms with van der Waals surface area (Å²) in [5.74, 6) is 1.19. The van der Waals surface area contributed by atoms with Crippen LogP contribution in [0, 0.1) is 6.92 Å². The number of anilines is 1. The second-order valence-corrected chi connectivity index (χ2v) is 4.47. The first-order chi connectivity index (χ1) is 9.20. The maximum absolute atomic E-state index is 5.66. The Bertz CT molecular complexity index is 690. The van der Waals surface area contributed by atoms with E-state index in [1.54, 1.807) is 18.5 Å². The van der Waals surface area contributed by atoms with Crippen LogP contribution in [0.25, 0.3) is 5.95 Å². The van der Waals surface area contributed by atoms with Crippen LogP contribution in [0.2, 0.25) is 0 Å². The van der Waals surface area contributed by atoms with Gasteiger partial charge in [0, 0.05) is 12.4 Å². The largest absolute Gasteiger partial charge is 0.368 e. The van der Waals surface area contributed by atoms with E-state index in [2.05, 4.69) is 35.2 Å². The highest BCUT2D eigenvalue weighted by Crippen LogP contribution is 2.21. The smallest absolute Gasteiger partial charge is 0.256 e. The maximum Gasteiger partial charge on any atom is 0.256 e. The number of nitrogens with one attached hydrogen (secondary N) is 1. The summed E-state index contributed by atoms with van der Waals surface area (Å²) >= 11 is 1.20. The highest BCUT2D eigenvalue weighted by atomic mass is 32.2. The number of rotatable bonds is 3. The molecule has 0 fully saturated rings. The molecule has 19 heavy (non-hydrogen) atoms. The molecule has 0 aliphatic heterocycles. The van der Waals surface area contributed by atoms with Crippen molar-refractivity contribution >= 4 is 17.7 Å². The first kappa shape index (κ1) is 11.6. The van der Waals surface area contributed by atoms with Crippen molar-refractivity contribution in [2.75, 3.05) is 5.73 Å². The summed E-state index contributed by atoms with van der Waals surface area (Å²) in [7, 11) is 0. The molecule has 3 aromatic rings. The normalized spacial score (nSPS) is 10.8. The van der Waals surface area contributed by atoms with E-state index in [1.807, 2.05) is 6.92 Å². The Balaban J connectivity index is 1.94. The van der Waals surface area contributed by atoms with E-state index in [-0.39, 0.29) is 5.95 Å². The minimum Gasteiger partial charge on any atom is -0.368 e. The molecule has 0 amide bonds. The maximum atomic E-state index is 5.66. The molecular weight excluding hydrogens is 266 g/mol. The van der Waals surface area contributed by atoms with Crippen LogP contribution in [-0.2, 0) is 0 Å². The molecule has 10 heteroatoms. The number of aromatic nitrogens is 8. The molecule has 9 nitrogen and oxygen atoms in total. The lowest BCUT2D eigenvalue weighted by Gasteiger charge is -2.02. The molecular formula is C9H9N9S. The third-order valence-corrected chi connectivity index (χ3v) is 2.82. The van der Waals surface area contributed by atoms with Crippen LogP contribution in [0.15, 0.2) is 28.8 Å². The molecule has 0 spiro atoms. The lowest BCUT2D eigenvalue weighted by molar-refractivity contribution is 0.763. The lowest BCUT2D eigenvalue weighted by Crippen LogP contribution is -2.07. The van der Waals surface area contributed by atoms with Crippen LogP contribution < -0.4 is 5.73 Å². The number of H-pyrrole nitrogens is 1. The number of aromatic amines is 1. The van der Waals surface area contributed by atoms with Gasteiger partial charge in [0.25, 0.3) is 5.95 Å². The predicted molar refractivity (Wildman–Crippen MR) is 66.6 cm³/mol. The summed E-state index contributed by atoms with van der Waals surface area (Å²) in [6.07, 6.45) is 3.35. The number of nitrogens with zero attached hydrogens (tertiary/aromatic N) is 7. The highest BCUT2D eigenvalue weighted by molar-refractivity contribution is 7.99. The molecule has 3 rings (SSSR count). The van der Waals surface area contributed by atoms with Crippen LogP contribution in [-0.4, -0.2) is 39.9 Å². The van der Waals surface area contributed by atoms with Gasteiger partial charge in [0.05, 0.1) is 0 Å². The van der Waals surface area contributed by atoms with Crippen molar-refractivity contribution in [1.82, 2.24) is 39.9 Å². The number of nitrogen functional groups attached to an aromatic ring is 1. The molecule has 0 aliphatic carbocycles. The molecule has 0 saturated heterocycles. The molecule has 0 unspecified atom stereocenters. The molecule has 0 atom stereocenters. The summed E-state index contributed by atoms with van der Waals surface area (Å²) in [5, 5.41) is 11.7. The van der Waals surface area contributed by atoms with Gasteiger partial charge in [-0.05, 0) is 24.8 Å². The minimum atomic E-state index is 0.121. The van der Waals surface area contributed by atoms with E-state index in [4.69, 9.17) is 5.73 Å². The van der Waals surface area contributed by atoms with E-state index in [1.165, 1.54) is 16.4 Å². The van der Waals surface area contributed by atoms with Crippen molar-refractivity contribution in [1.29, 1.82) is 0 Å². The van der Waals surface area contributed by atoms with Crippen molar-refractivity contribution in [2.24, 2.45) is 0 Å². The van der Waals surface area contributed by atoms with Gasteiger partial charge < -0.3 is 5.73 Å². The number of nitrogens with two attached hydrogens (primary N) is 1. The van der Waals surface area contributed by atoms with Crippen molar-refractivity contribution in [2.45, 2.75) is 17.2 Å². The molecule has 0 bridgehead atoms. The van der Waals surface area contributed by atoms with Gasteiger partial charge in [-0.3, -0.25) is 5.10 Å². The van der Waals surface area contributed by atoms with Gasteiger partial charge in [-0.15, -0.1) is 5.10 Å². The average Bonchev–Trinajstić information content (AvgIpc) is 3.00. The first-order valence-electron chi connectivity index (χ1n) is 5.29. The van der Waals surface area contributed by atoms with Gasteiger partial charge in [0.15, 0.2) is 0 Å². The zero-order valence-electron chi connectivity index (χ0n) is 9.85. The third-order valence-electron chi connectivity index (χ3n) is 2.09. The number of hydrogen-bond donors (Lipinski definition) is 2. The number of hydrogen-bond acceptors (Lipinski definition) is 8. The van der Waals surface area contributed by atoms with Crippen molar-refractivity contribution in [3.8, 4) is 5.95 Å². The summed E-state index contributed by atoms with van der Waals surface area (Å²) in [6, 6.07) is 1.77. The SMILES string of the molecule is Cc1nc(Sc2nc(N)nc(-n3cccn3)n2)n[nH]1. The van der Waals surface area contributed by atoms with Gasteiger partial charge in [-0.2, -0.15) is 20.1 Å². The number of aryl methyl sites for hydroxylation is 1. The van der Waals surface area contributed by atoms with Gasteiger partial charge in [0.1, 0.15) is 5.82 Å². The van der Waals surface area contributed by atoms with Gasteiger partial charge in [-0.1, -0.05) is 0 Å². The average molecular weight is 275 g/mol. The van der Waals surface area contributed by atoms with Crippen LogP contribution in [0.5, 0.6) is 0 Å². The van der Waals surface area contributed by atoms with E-state index in [0.29, 0.717) is 16.3 Å². The molecule has 0 aromatic carbocycles. The Labute approximate surface area is 111 Å². The molecule has 3 N–H and O–H groups in total. The van der Waals surface area contributed by atoms with Crippen LogP contribution >= 0.6 is 11.8 Å². The molecule has 0 radical (unpaired) electrons. The molecule has 0 aliphatic rings. The standard InChI is InChI=1S/C9H9N9S/c1-5-12-9(17-16-5)19-8-14-6(10)13-7(15-8)18-4-2-3-11-18/h2-4H,1H3,(H,12,16,17)(H2,10,13,14,15). The predicted octanol–water partition coefficient (Wildman–Crippen LogP) is 0.217. The molecule has 3 aromatic heterocycles. The third kappa shape index (κ3) is 2.52. The zero-order valence-corrected chi connectivity index (χ0v) is 10.7. The second-order valence-electron chi connectivity index (χ2n) is 3.53. The first-order valence-corrected chi connectivity index (χ1v) is 6.11. The summed E-state index contributed by atoms with van der Waals surface area (Å²) in [5.41, 5.74) is 5.66. The minimum absolute atomic E-state index is 0.121. The monoisotopic (exact) mass is 275 g/mol. The van der Waals surface area contributed by atoms with Gasteiger partial charge in [0.2, 0.25) is 16.3 Å². The fourth-order valence-electron chi connectivity index (χ4n) is 1.35. The van der Waals surface area contributed by atoms with Gasteiger partial charge >= 0.3 is 0 Å². The Kier molecular flexibility index (Phi) is 2.83. The fraction of sp³-hybridized carbons (Fsp3) is 0.111. The topological polar surface area (TPSA) is 124 Å². The molecule has 0 saturated carbocycles. The Hall–Kier alpha value is -2.49. The van der Waals surface area contributed by atoms with Gasteiger partial charge in [-0.25, -0.2) is 9.67 Å². The van der Waals surface area contributed by atoms with E-state index in [9.17, 15) is 0 Å². The second kappa shape index (κ2) is 4.65. The van der Waals surface area contributed by atoms with Crippen LogP contribution in [0.3, 0.4) is 0 Å². The lowest BCUT2D eigenvalue weighted by atomic mass is 10.7. The zero-order chi connectivity index (χ0) is 13.2. The summed E-state index contributed by atoms with van der Waals surface area (Å²) in [6.45, 7) is 1.81. The quantitative estimate of drug-likeness (QED) is 0.695. The van der Waals surface area contributed by atoms with Crippen molar-refractivity contribution in [3.63, 3.8) is 0 Å². The van der Waals surface area contributed by atoms with Crippen molar-refractivity contribution < 1.29 is 0 Å². The summed E-state index contributed by atoms with van der Waals surface area (Å²) in [4.78, 5) is 16.5. The van der Waals surface area contributed by atoms with Crippen molar-refractivity contribution in [3.05, 3.63) is 24.3 Å². The summed E-state index contributed by atoms with van der Waals surface area (Å²) < 4.78 is 1.51. The Morgan fingerprint density at radius 3 is 2.79 bits per heavy atom. The molecule has 96 valence electrons. The van der Waals surface area contributed by atoms with E-state index < -0.39 is 0 Å². The Morgan fingerprint density at radius 1 is 1.21 bits per heavy atom. The highest BCUT2D eigenvalue weighted by Gasteiger charge is 2.10. The Morgan fingerprint density at radius 2 is 2.11 bits per heavy atom. The van der Waals surface area contributed by atoms with E-state index in [0.717, 1.165) is 5.82 Å². The van der Waals surface area contributed by atoms with E-state index >= 15 is 0 Å². The fourth-order valence-corrected chi connectivity index (χ4v) is 2.05. The van der Waals surface area contributed by atoms with Crippen LogP contribution in [0.4, 0.5) is 5.95 Å².